The number of benzene rings is 2. The van der Waals surface area contributed by atoms with Gasteiger partial charge in [-0.25, -0.2) is 0 Å². The zero-order valence-corrected chi connectivity index (χ0v) is 10.1. The third-order valence-corrected chi connectivity index (χ3v) is 4.96. The summed E-state index contributed by atoms with van der Waals surface area (Å²) in [6.07, 6.45) is 5.90. The summed E-state index contributed by atoms with van der Waals surface area (Å²) < 4.78 is 0. The predicted molar refractivity (Wildman–Crippen MR) is 72.1 cm³/mol. The van der Waals surface area contributed by atoms with E-state index in [2.05, 4.69) is 42.5 Å². The molecule has 2 aliphatic rings. The molecule has 0 heteroatoms. The standard InChI is InChI=1S/C17H18/c1-2-6-15-13(4-1)5-3-7-16(15)17-11-12-8-9-14(17)10-12/h1-7,12,14,17H,8-11H2/t12-,14+,17+/m1/s1. The Balaban J connectivity index is 1.85. The van der Waals surface area contributed by atoms with E-state index in [0.717, 1.165) is 17.8 Å². The van der Waals surface area contributed by atoms with Gasteiger partial charge in [0.25, 0.3) is 0 Å². The highest BCUT2D eigenvalue weighted by Crippen LogP contribution is 2.53. The Hall–Kier alpha value is -1.30. The second kappa shape index (κ2) is 3.60. The molecule has 86 valence electrons. The molecule has 0 aliphatic heterocycles. The highest BCUT2D eigenvalue weighted by atomic mass is 14.4. The van der Waals surface area contributed by atoms with Crippen molar-refractivity contribution in [3.8, 4) is 0 Å². The second-order valence-corrected chi connectivity index (χ2v) is 5.85. The molecule has 0 unspecified atom stereocenters. The molecule has 2 aromatic carbocycles. The fourth-order valence-electron chi connectivity index (χ4n) is 4.20. The lowest BCUT2D eigenvalue weighted by Gasteiger charge is -2.23. The topological polar surface area (TPSA) is 0 Å². The van der Waals surface area contributed by atoms with E-state index in [1.807, 2.05) is 0 Å². The van der Waals surface area contributed by atoms with Crippen LogP contribution in [0.15, 0.2) is 42.5 Å². The lowest BCUT2D eigenvalue weighted by atomic mass is 9.81. The summed E-state index contributed by atoms with van der Waals surface area (Å²) in [6.45, 7) is 0. The van der Waals surface area contributed by atoms with Gasteiger partial charge in [-0.15, -0.1) is 0 Å². The molecular weight excluding hydrogens is 204 g/mol. The lowest BCUT2D eigenvalue weighted by molar-refractivity contribution is 0.422. The molecule has 0 saturated heterocycles. The van der Waals surface area contributed by atoms with Crippen molar-refractivity contribution in [2.75, 3.05) is 0 Å². The Morgan fingerprint density at radius 1 is 0.824 bits per heavy atom. The summed E-state index contributed by atoms with van der Waals surface area (Å²) >= 11 is 0. The quantitative estimate of drug-likeness (QED) is 0.653. The average Bonchev–Trinajstić information content (AvgIpc) is 3.00. The molecule has 2 bridgehead atoms. The van der Waals surface area contributed by atoms with E-state index in [1.165, 1.54) is 36.5 Å². The minimum Gasteiger partial charge on any atom is -0.0616 e. The van der Waals surface area contributed by atoms with Crippen LogP contribution in [-0.2, 0) is 0 Å². The van der Waals surface area contributed by atoms with Crippen LogP contribution in [0.1, 0.15) is 37.2 Å². The van der Waals surface area contributed by atoms with Crippen molar-refractivity contribution in [3.63, 3.8) is 0 Å². The summed E-state index contributed by atoms with van der Waals surface area (Å²) in [5, 5.41) is 2.90. The monoisotopic (exact) mass is 222 g/mol. The van der Waals surface area contributed by atoms with E-state index in [-0.39, 0.29) is 0 Å². The molecule has 0 aromatic heterocycles. The zero-order chi connectivity index (χ0) is 11.2. The molecule has 0 N–H and O–H groups in total. The van der Waals surface area contributed by atoms with Gasteiger partial charge in [-0.2, -0.15) is 0 Å². The third-order valence-electron chi connectivity index (χ3n) is 4.96. The highest BCUT2D eigenvalue weighted by Gasteiger charge is 2.40. The minimum atomic E-state index is 0.847. The number of hydrogen-bond donors (Lipinski definition) is 0. The Labute approximate surface area is 103 Å². The molecule has 2 saturated carbocycles. The summed E-state index contributed by atoms with van der Waals surface area (Å²) in [4.78, 5) is 0. The maximum atomic E-state index is 2.37. The number of hydrogen-bond acceptors (Lipinski definition) is 0. The van der Waals surface area contributed by atoms with Gasteiger partial charge in [0, 0.05) is 0 Å². The molecule has 0 radical (unpaired) electrons. The van der Waals surface area contributed by atoms with Crippen LogP contribution in [0.25, 0.3) is 10.8 Å². The van der Waals surface area contributed by atoms with Crippen molar-refractivity contribution >= 4 is 10.8 Å². The average molecular weight is 222 g/mol. The van der Waals surface area contributed by atoms with Crippen LogP contribution < -0.4 is 0 Å². The Kier molecular flexibility index (Phi) is 2.05. The van der Waals surface area contributed by atoms with Gasteiger partial charge in [0.05, 0.1) is 0 Å². The van der Waals surface area contributed by atoms with Gasteiger partial charge in [-0.3, -0.25) is 0 Å². The fraction of sp³-hybridized carbons (Fsp3) is 0.412. The van der Waals surface area contributed by atoms with Crippen molar-refractivity contribution in [1.29, 1.82) is 0 Å². The van der Waals surface area contributed by atoms with Gasteiger partial charge in [0.2, 0.25) is 0 Å². The summed E-state index contributed by atoms with van der Waals surface area (Å²) in [5.41, 5.74) is 1.62. The Morgan fingerprint density at radius 3 is 2.53 bits per heavy atom. The molecule has 2 aromatic rings. The first kappa shape index (κ1) is 9.70. The molecule has 4 rings (SSSR count). The molecule has 17 heavy (non-hydrogen) atoms. The van der Waals surface area contributed by atoms with Crippen molar-refractivity contribution in [1.82, 2.24) is 0 Å². The molecular formula is C17H18. The van der Waals surface area contributed by atoms with Crippen LogP contribution in [0.3, 0.4) is 0 Å². The van der Waals surface area contributed by atoms with Gasteiger partial charge in [-0.1, -0.05) is 48.9 Å². The van der Waals surface area contributed by atoms with Crippen LogP contribution >= 0.6 is 0 Å². The first-order valence-corrected chi connectivity index (χ1v) is 6.89. The minimum absolute atomic E-state index is 0.847. The largest absolute Gasteiger partial charge is 0.0616 e. The first-order valence-electron chi connectivity index (χ1n) is 6.89. The Morgan fingerprint density at radius 2 is 1.71 bits per heavy atom. The van der Waals surface area contributed by atoms with Crippen molar-refractivity contribution in [2.24, 2.45) is 11.8 Å². The van der Waals surface area contributed by atoms with E-state index >= 15 is 0 Å². The van der Waals surface area contributed by atoms with Crippen LogP contribution in [0.4, 0.5) is 0 Å². The molecule has 0 amide bonds. The summed E-state index contributed by atoms with van der Waals surface area (Å²) in [6, 6.07) is 15.7. The van der Waals surface area contributed by atoms with Gasteiger partial charge >= 0.3 is 0 Å². The van der Waals surface area contributed by atoms with Crippen LogP contribution in [0.2, 0.25) is 0 Å². The molecule has 2 aliphatic carbocycles. The molecule has 3 atom stereocenters. The zero-order valence-electron chi connectivity index (χ0n) is 10.1. The van der Waals surface area contributed by atoms with Crippen molar-refractivity contribution < 1.29 is 0 Å². The molecule has 0 heterocycles. The number of fused-ring (bicyclic) bond motifs is 3. The van der Waals surface area contributed by atoms with Crippen molar-refractivity contribution in [2.45, 2.75) is 31.6 Å². The summed E-state index contributed by atoms with van der Waals surface area (Å²) in [5.74, 6) is 2.86. The maximum Gasteiger partial charge on any atom is -0.0125 e. The van der Waals surface area contributed by atoms with Gasteiger partial charge in [0.1, 0.15) is 0 Å². The van der Waals surface area contributed by atoms with Gasteiger partial charge in [-0.05, 0) is 53.4 Å². The fourth-order valence-corrected chi connectivity index (χ4v) is 4.20. The van der Waals surface area contributed by atoms with E-state index in [9.17, 15) is 0 Å². The smallest absolute Gasteiger partial charge is 0.0125 e. The summed E-state index contributed by atoms with van der Waals surface area (Å²) in [7, 11) is 0. The number of rotatable bonds is 1. The van der Waals surface area contributed by atoms with E-state index in [1.54, 1.807) is 5.56 Å². The van der Waals surface area contributed by atoms with Gasteiger partial charge in [0.15, 0.2) is 0 Å². The van der Waals surface area contributed by atoms with Crippen LogP contribution in [0, 0.1) is 11.8 Å². The van der Waals surface area contributed by atoms with Gasteiger partial charge < -0.3 is 0 Å². The van der Waals surface area contributed by atoms with Crippen LogP contribution in [-0.4, -0.2) is 0 Å². The lowest BCUT2D eigenvalue weighted by Crippen LogP contribution is -2.08. The first-order chi connectivity index (χ1) is 8.42. The molecule has 0 nitrogen and oxygen atoms in total. The van der Waals surface area contributed by atoms with E-state index in [4.69, 9.17) is 0 Å². The van der Waals surface area contributed by atoms with E-state index < -0.39 is 0 Å². The van der Waals surface area contributed by atoms with Crippen LogP contribution in [0.5, 0.6) is 0 Å². The Bertz CT molecular complexity index is 549. The van der Waals surface area contributed by atoms with Crippen molar-refractivity contribution in [3.05, 3.63) is 48.0 Å². The normalized spacial score (nSPS) is 31.2. The SMILES string of the molecule is c1ccc2c([C@H]3C[C@@H]4CC[C@H]3C4)cccc2c1. The predicted octanol–water partition coefficient (Wildman–Crippen LogP) is 4.74. The molecule has 0 spiro atoms. The second-order valence-electron chi connectivity index (χ2n) is 5.85. The highest BCUT2D eigenvalue weighted by molar-refractivity contribution is 5.86. The third kappa shape index (κ3) is 1.43. The molecule has 2 fully saturated rings. The van der Waals surface area contributed by atoms with E-state index in [0.29, 0.717) is 0 Å². The maximum absolute atomic E-state index is 2.37.